The molecule has 0 heterocycles. The second-order valence-corrected chi connectivity index (χ2v) is 0. The van der Waals surface area contributed by atoms with Gasteiger partial charge >= 0.3 is 0 Å². The van der Waals surface area contributed by atoms with Crippen molar-refractivity contribution in [3.63, 3.8) is 0 Å². The number of hydrogen-bond acceptors (Lipinski definition) is 0. The minimum Gasteiger partial charge on any atom is 0 e. The summed E-state index contributed by atoms with van der Waals surface area (Å²) in [5.41, 5.74) is 0. The zero-order valence-electron chi connectivity index (χ0n) is 11.3. The van der Waals surface area contributed by atoms with Crippen LogP contribution in [0.25, 0.3) is 0 Å². The summed E-state index contributed by atoms with van der Waals surface area (Å²) in [5, 5.41) is 0. The zero-order valence-corrected chi connectivity index (χ0v) is 114. The second-order valence-electron chi connectivity index (χ2n) is 0. The molecule has 16 heteroatoms. The standard InChI is InChI=1S/16Rf. The van der Waals surface area contributed by atoms with E-state index >= 15 is 0 Å². The van der Waals surface area contributed by atoms with E-state index < -0.39 is 0 Å². The maximum absolute atomic E-state index is 0. The van der Waals surface area contributed by atoms with Crippen LogP contribution in [0.3, 0.4) is 0 Å². The zero-order chi connectivity index (χ0) is 0. The van der Waals surface area contributed by atoms with E-state index in [1.165, 1.54) is 0 Å². The molecule has 0 nitrogen and oxygen atoms in total. The van der Waals surface area contributed by atoms with Crippen molar-refractivity contribution in [2.75, 3.05) is 0 Å². The number of rotatable bonds is 0. The molecule has 32 valence electrons. The Morgan fingerprint density at radius 2 is 0.0625 bits per heavy atom. The van der Waals surface area contributed by atoms with Gasteiger partial charge in [-0.1, -0.05) is 0 Å². The molecule has 0 saturated carbocycles. The van der Waals surface area contributed by atoms with Gasteiger partial charge in [0.25, 0.3) is 0 Å². The van der Waals surface area contributed by atoms with Crippen molar-refractivity contribution < 1.29 is 0 Å². The summed E-state index contributed by atoms with van der Waals surface area (Å²) in [6.45, 7) is 0. The van der Waals surface area contributed by atoms with Crippen molar-refractivity contribution in [1.29, 1.82) is 0 Å². The molecule has 0 aliphatic heterocycles. The van der Waals surface area contributed by atoms with Crippen LogP contribution in [0, 0.1) is 0 Å². The molecule has 0 N–H and O–H groups in total. The Morgan fingerprint density at radius 1 is 0.0625 bits per heavy atom. The van der Waals surface area contributed by atoms with Crippen molar-refractivity contribution in [3.8, 4) is 0 Å². The predicted octanol–water partition coefficient (Wildman–Crippen LogP) is 0. The molecule has 0 bridgehead atoms. The van der Waals surface area contributed by atoms with Crippen molar-refractivity contribution in [1.82, 2.24) is 0 Å². The Labute approximate surface area is 0 Å². The first-order valence-corrected chi connectivity index (χ1v) is 0. The van der Waals surface area contributed by atoms with E-state index in [0.29, 0.717) is 0 Å². The number of hydrogen-bond donors (Lipinski definition) is 0. The Morgan fingerprint density at radius 3 is 0.0625 bits per heavy atom. The Hall–Kier alpha value is -16.0. The third-order valence-electron chi connectivity index (χ3n) is 0. The molecule has 0 fully saturated rings. The van der Waals surface area contributed by atoms with Crippen LogP contribution in [0.2, 0.25) is 0 Å². The second kappa shape index (κ2) is -0.0156. The summed E-state index contributed by atoms with van der Waals surface area (Å²) in [5.74, 6) is 0. The van der Waals surface area contributed by atoms with Crippen LogP contribution in [0.1, 0.15) is 0 Å². The third-order valence-corrected chi connectivity index (χ3v) is 0. The Bertz CT molecular complexity index is 0. The van der Waals surface area contributed by atoms with Gasteiger partial charge in [0.05, 0.1) is 0 Å². The quantitative estimate of drug-likeness (QED) is 0.321. The maximum Gasteiger partial charge on any atom is 0 e. The summed E-state index contributed by atoms with van der Waals surface area (Å²) >= 11 is 0. The van der Waals surface area contributed by atoms with E-state index in [9.17, 15) is 0 Å². The molecule has 0 saturated heterocycles. The van der Waals surface area contributed by atoms with Crippen molar-refractivity contribution in [2.45, 2.75) is 0 Å². The van der Waals surface area contributed by atoms with E-state index in [-0.39, 0.29) is 0 Å². The molecule has 0 aromatic rings. The van der Waals surface area contributed by atoms with Gasteiger partial charge in [-0.05, 0) is 0 Å². The molecule has 16 heavy (non-hydrogen) atoms. The smallest absolute Gasteiger partial charge is 0 e. The summed E-state index contributed by atoms with van der Waals surface area (Å²) in [7, 11) is 0. The fraction of sp³-hybridized carbons (Fsp3) is 0. The first kappa shape index (κ1) is 0. The summed E-state index contributed by atoms with van der Waals surface area (Å²) in [6.07, 6.45) is 0. The molecular weight excluding hydrogens is 4270 g/mol. The summed E-state index contributed by atoms with van der Waals surface area (Å²) in [4.78, 5) is 0. The molecular formula is Rf16. The van der Waals surface area contributed by atoms with Crippen molar-refractivity contribution in [3.05, 3.63) is 0 Å². The van der Waals surface area contributed by atoms with Gasteiger partial charge in [0.15, 0.2) is 0 Å². The first-order chi connectivity index (χ1) is 0. The van der Waals surface area contributed by atoms with Gasteiger partial charge in [-0.3, -0.25) is 0 Å². The topological polar surface area (TPSA) is 0 Å². The van der Waals surface area contributed by atoms with E-state index in [1.807, 2.05) is 0 Å². The Balaban J connectivity index is 0. The molecule has 0 amide bonds. The molecule has 0 aromatic carbocycles. The molecule has 0 atom stereocenters. The minimum absolute atomic E-state index is 0. The normalized spacial score (nSPS) is 0. The SMILES string of the molecule is [Rf].[Rf].[Rf].[Rf].[Rf].[Rf].[Rf].[Rf].[Rf].[Rf].[Rf].[Rf].[Rf].[Rf].[Rf].[Rf]. The maximum atomic E-state index is 0. The van der Waals surface area contributed by atoms with Crippen LogP contribution in [0.15, 0.2) is 0 Å². The fourth-order valence-electron chi connectivity index (χ4n) is 0. The molecule has 0 rings (SSSR count). The average molecular weight is 4270 g/mol. The monoisotopic (exact) mass is 4270 g/mol. The van der Waals surface area contributed by atoms with E-state index in [2.05, 4.69) is 0 Å². The molecule has 0 aliphatic carbocycles. The molecule has 0 unspecified atom stereocenters. The molecule has 0 aromatic heterocycles. The molecule has 0 radical (unpaired) electrons. The fourth-order valence-corrected chi connectivity index (χ4v) is 0. The van der Waals surface area contributed by atoms with E-state index in [1.54, 1.807) is 0 Å². The minimum atomic E-state index is 0. The van der Waals surface area contributed by atoms with Crippen molar-refractivity contribution >= 4 is 0 Å². The van der Waals surface area contributed by atoms with Crippen LogP contribution in [-0.4, -0.2) is 0 Å². The van der Waals surface area contributed by atoms with Gasteiger partial charge in [0.1, 0.15) is 0 Å². The average Bonchev–Trinajstić information content (AvgIpc) is 0. The summed E-state index contributed by atoms with van der Waals surface area (Å²) in [6, 6.07) is 0. The van der Waals surface area contributed by atoms with Gasteiger partial charge in [-0.25, -0.2) is 0 Å². The van der Waals surface area contributed by atoms with E-state index in [4.69, 9.17) is 0 Å². The molecule has 0 spiro atoms. The van der Waals surface area contributed by atoms with Gasteiger partial charge in [-0.2, -0.15) is 0 Å². The van der Waals surface area contributed by atoms with Gasteiger partial charge in [0.2, 0.25) is 0 Å². The van der Waals surface area contributed by atoms with Crippen LogP contribution in [-0.2, 0) is 0 Å². The van der Waals surface area contributed by atoms with Gasteiger partial charge in [-0.15, -0.1) is 0 Å². The predicted molar refractivity (Wildman–Crippen MR) is 0 cm³/mol. The van der Waals surface area contributed by atoms with Crippen LogP contribution in [0.5, 0.6) is 0 Å². The van der Waals surface area contributed by atoms with Crippen LogP contribution in [0.4, 0.5) is 0 Å². The largest absolute Gasteiger partial charge is 0 e. The summed E-state index contributed by atoms with van der Waals surface area (Å²) < 4.78 is 0. The van der Waals surface area contributed by atoms with Gasteiger partial charge < -0.3 is 0 Å². The third kappa shape index (κ3) is -0.0703. The van der Waals surface area contributed by atoms with Crippen LogP contribution < -0.4 is 0 Å². The molecule has 0 aliphatic rings. The van der Waals surface area contributed by atoms with Crippen LogP contribution >= 0.6 is 0 Å². The van der Waals surface area contributed by atoms with Crippen molar-refractivity contribution in [2.24, 2.45) is 0 Å². The first-order valence-electron chi connectivity index (χ1n) is 0. The van der Waals surface area contributed by atoms with Gasteiger partial charge in [0, 0.05) is 0 Å². The van der Waals surface area contributed by atoms with E-state index in [0.717, 1.165) is 0 Å². The Kier molecular flexibility index (Phi) is 0.